The number of halogens is 2. The Hall–Kier alpha value is -1.79. The molecule has 0 heterocycles. The Balaban J connectivity index is 2.50. The van der Waals surface area contributed by atoms with Crippen LogP contribution in [-0.4, -0.2) is 15.0 Å². The molecule has 0 aliphatic rings. The molecule has 2 aromatic carbocycles. The zero-order valence-corrected chi connectivity index (χ0v) is 12.0. The minimum absolute atomic E-state index is 0.169. The van der Waals surface area contributed by atoms with Gasteiger partial charge in [0.05, 0.1) is 10.1 Å². The van der Waals surface area contributed by atoms with Gasteiger partial charge in [0.1, 0.15) is 0 Å². The van der Waals surface area contributed by atoms with Crippen molar-refractivity contribution in [2.24, 2.45) is 5.73 Å². The molecule has 0 radical (unpaired) electrons. The van der Waals surface area contributed by atoms with E-state index in [1.807, 2.05) is 0 Å². The van der Waals surface area contributed by atoms with Gasteiger partial charge >= 0.3 is 0 Å². The van der Waals surface area contributed by atoms with Gasteiger partial charge in [-0.15, -0.1) is 0 Å². The first kappa shape index (κ1) is 15.6. The fraction of sp³-hybridized carbons (Fsp3) is 0.200. The van der Waals surface area contributed by atoms with Crippen LogP contribution in [0.3, 0.4) is 0 Å². The Bertz CT molecular complexity index is 718. The molecule has 0 fully saturated rings. The zero-order valence-electron chi connectivity index (χ0n) is 11.2. The molecule has 0 saturated heterocycles. The van der Waals surface area contributed by atoms with Crippen molar-refractivity contribution in [2.75, 3.05) is 6.54 Å². The van der Waals surface area contributed by atoms with Crippen LogP contribution < -0.4 is 5.73 Å². The molecule has 0 aromatic heterocycles. The molecule has 2 rings (SSSR count). The number of benzene rings is 2. The maximum Gasteiger partial charge on any atom is 0.185 e. The van der Waals surface area contributed by atoms with Gasteiger partial charge in [-0.1, -0.05) is 30.3 Å². The van der Waals surface area contributed by atoms with Crippen LogP contribution >= 0.6 is 0 Å². The van der Waals surface area contributed by atoms with Crippen LogP contribution in [0.5, 0.6) is 0 Å². The molecule has 112 valence electrons. The van der Waals surface area contributed by atoms with Crippen molar-refractivity contribution in [2.45, 2.75) is 16.6 Å². The molecule has 0 amide bonds. The second kappa shape index (κ2) is 6.32. The van der Waals surface area contributed by atoms with Gasteiger partial charge in [0.25, 0.3) is 0 Å². The minimum Gasteiger partial charge on any atom is -0.330 e. The molecule has 2 aromatic rings. The molecule has 6 heteroatoms. The summed E-state index contributed by atoms with van der Waals surface area (Å²) in [5.41, 5.74) is 6.07. The summed E-state index contributed by atoms with van der Waals surface area (Å²) in [6, 6.07) is 11.2. The maximum atomic E-state index is 13.3. The summed E-state index contributed by atoms with van der Waals surface area (Å²) >= 11 is 0. The van der Waals surface area contributed by atoms with E-state index in [0.29, 0.717) is 11.6 Å². The van der Waals surface area contributed by atoms with Crippen molar-refractivity contribution in [3.8, 4) is 0 Å². The SMILES string of the molecule is NCCC(c1ccccc1)S(=O)(=O)c1ccc(F)c(F)c1. The van der Waals surface area contributed by atoms with Crippen LogP contribution in [0.1, 0.15) is 17.2 Å². The first-order chi connectivity index (χ1) is 9.96. The Morgan fingerprint density at radius 3 is 2.24 bits per heavy atom. The summed E-state index contributed by atoms with van der Waals surface area (Å²) in [4.78, 5) is -0.247. The lowest BCUT2D eigenvalue weighted by Gasteiger charge is -2.17. The average molecular weight is 311 g/mol. The monoisotopic (exact) mass is 311 g/mol. The van der Waals surface area contributed by atoms with E-state index in [2.05, 4.69) is 0 Å². The maximum absolute atomic E-state index is 13.3. The van der Waals surface area contributed by atoms with Gasteiger partial charge in [-0.2, -0.15) is 0 Å². The highest BCUT2D eigenvalue weighted by atomic mass is 32.2. The van der Waals surface area contributed by atoms with Crippen molar-refractivity contribution >= 4 is 9.84 Å². The van der Waals surface area contributed by atoms with Crippen LogP contribution in [0.2, 0.25) is 0 Å². The van der Waals surface area contributed by atoms with Gasteiger partial charge in [0.15, 0.2) is 21.5 Å². The summed E-state index contributed by atoms with van der Waals surface area (Å²) in [7, 11) is -3.84. The Morgan fingerprint density at radius 1 is 1.00 bits per heavy atom. The van der Waals surface area contributed by atoms with Crippen molar-refractivity contribution in [1.29, 1.82) is 0 Å². The van der Waals surface area contributed by atoms with Crippen LogP contribution in [0.4, 0.5) is 8.78 Å². The third-order valence-electron chi connectivity index (χ3n) is 3.19. The standard InChI is InChI=1S/C15H15F2NO2S/c16-13-7-6-12(10-14(13)17)21(19,20)15(8-9-18)11-4-2-1-3-5-11/h1-7,10,15H,8-9,18H2. The van der Waals surface area contributed by atoms with Crippen molar-refractivity contribution < 1.29 is 17.2 Å². The van der Waals surface area contributed by atoms with Crippen LogP contribution in [0, 0.1) is 11.6 Å². The molecular weight excluding hydrogens is 296 g/mol. The van der Waals surface area contributed by atoms with E-state index in [0.717, 1.165) is 12.1 Å². The number of hydrogen-bond donors (Lipinski definition) is 1. The highest BCUT2D eigenvalue weighted by Crippen LogP contribution is 2.31. The normalized spacial score (nSPS) is 13.1. The number of sulfone groups is 1. The van der Waals surface area contributed by atoms with E-state index in [1.54, 1.807) is 30.3 Å². The zero-order chi connectivity index (χ0) is 15.5. The molecule has 0 bridgehead atoms. The van der Waals surface area contributed by atoms with E-state index in [-0.39, 0.29) is 17.9 Å². The van der Waals surface area contributed by atoms with E-state index >= 15 is 0 Å². The topological polar surface area (TPSA) is 60.2 Å². The van der Waals surface area contributed by atoms with E-state index < -0.39 is 26.7 Å². The average Bonchev–Trinajstić information content (AvgIpc) is 2.48. The molecule has 3 nitrogen and oxygen atoms in total. The molecule has 0 aliphatic carbocycles. The number of hydrogen-bond acceptors (Lipinski definition) is 3. The van der Waals surface area contributed by atoms with Gasteiger partial charge in [-0.05, 0) is 36.7 Å². The molecule has 1 atom stereocenters. The highest BCUT2D eigenvalue weighted by molar-refractivity contribution is 7.91. The number of nitrogens with two attached hydrogens (primary N) is 1. The fourth-order valence-corrected chi connectivity index (χ4v) is 3.95. The van der Waals surface area contributed by atoms with E-state index in [1.165, 1.54) is 0 Å². The smallest absolute Gasteiger partial charge is 0.185 e. The van der Waals surface area contributed by atoms with Crippen LogP contribution in [-0.2, 0) is 9.84 Å². The third kappa shape index (κ3) is 3.28. The van der Waals surface area contributed by atoms with Gasteiger partial charge in [0, 0.05) is 0 Å². The predicted octanol–water partition coefficient (Wildman–Crippen LogP) is 2.83. The molecule has 0 spiro atoms. The fourth-order valence-electron chi connectivity index (χ4n) is 2.14. The predicted molar refractivity (Wildman–Crippen MR) is 76.4 cm³/mol. The lowest BCUT2D eigenvalue weighted by atomic mass is 10.1. The van der Waals surface area contributed by atoms with Crippen molar-refractivity contribution in [3.63, 3.8) is 0 Å². The third-order valence-corrected chi connectivity index (χ3v) is 5.36. The Labute approximate surface area is 122 Å². The molecule has 21 heavy (non-hydrogen) atoms. The minimum atomic E-state index is -3.84. The van der Waals surface area contributed by atoms with Gasteiger partial charge in [-0.3, -0.25) is 0 Å². The van der Waals surface area contributed by atoms with Crippen molar-refractivity contribution in [1.82, 2.24) is 0 Å². The molecule has 2 N–H and O–H groups in total. The number of rotatable bonds is 5. The van der Waals surface area contributed by atoms with Gasteiger partial charge in [-0.25, -0.2) is 17.2 Å². The summed E-state index contributed by atoms with van der Waals surface area (Å²) in [5.74, 6) is -2.26. The highest BCUT2D eigenvalue weighted by Gasteiger charge is 2.29. The second-order valence-electron chi connectivity index (χ2n) is 4.60. The first-order valence-electron chi connectivity index (χ1n) is 6.41. The summed E-state index contributed by atoms with van der Waals surface area (Å²) in [6.45, 7) is 0.169. The van der Waals surface area contributed by atoms with E-state index in [4.69, 9.17) is 5.73 Å². The molecular formula is C15H15F2NO2S. The second-order valence-corrected chi connectivity index (χ2v) is 6.73. The van der Waals surface area contributed by atoms with Gasteiger partial charge < -0.3 is 5.73 Å². The molecule has 0 aliphatic heterocycles. The van der Waals surface area contributed by atoms with Crippen LogP contribution in [0.15, 0.2) is 53.4 Å². The Kier molecular flexibility index (Phi) is 4.69. The molecule has 0 saturated carbocycles. The van der Waals surface area contributed by atoms with Gasteiger partial charge in [0.2, 0.25) is 0 Å². The van der Waals surface area contributed by atoms with E-state index in [9.17, 15) is 17.2 Å². The summed E-state index contributed by atoms with van der Waals surface area (Å²) < 4.78 is 51.5. The quantitative estimate of drug-likeness (QED) is 0.864. The molecule has 1 unspecified atom stereocenters. The first-order valence-corrected chi connectivity index (χ1v) is 7.95. The summed E-state index contributed by atoms with van der Waals surface area (Å²) in [5, 5.41) is -0.881. The lowest BCUT2D eigenvalue weighted by molar-refractivity contribution is 0.504. The van der Waals surface area contributed by atoms with Crippen molar-refractivity contribution in [3.05, 3.63) is 65.7 Å². The summed E-state index contributed by atoms with van der Waals surface area (Å²) in [6.07, 6.45) is 0.200. The van der Waals surface area contributed by atoms with Crippen LogP contribution in [0.25, 0.3) is 0 Å². The Morgan fingerprint density at radius 2 is 1.67 bits per heavy atom. The largest absolute Gasteiger partial charge is 0.330 e. The lowest BCUT2D eigenvalue weighted by Crippen LogP contribution is -2.18.